The Morgan fingerprint density at radius 2 is 1.68 bits per heavy atom. The van der Waals surface area contributed by atoms with Crippen molar-refractivity contribution in [2.45, 2.75) is 20.0 Å². The Labute approximate surface area is 110 Å². The summed E-state index contributed by atoms with van der Waals surface area (Å²) in [6.07, 6.45) is -1.92. The third kappa shape index (κ3) is 3.81. The molecule has 0 saturated heterocycles. The molecule has 102 valence electrons. The van der Waals surface area contributed by atoms with Gasteiger partial charge in [-0.3, -0.25) is 4.79 Å². The lowest BCUT2D eigenvalue weighted by atomic mass is 9.80. The van der Waals surface area contributed by atoms with Crippen molar-refractivity contribution in [3.05, 3.63) is 54.1 Å². The van der Waals surface area contributed by atoms with Gasteiger partial charge in [-0.1, -0.05) is 43.0 Å². The SMILES string of the molecule is C=C(C(F)(F)F)C(C)(C)C(=O)C=Cc1ccccc1. The van der Waals surface area contributed by atoms with Crippen LogP contribution >= 0.6 is 0 Å². The zero-order valence-electron chi connectivity index (χ0n) is 10.8. The maximum absolute atomic E-state index is 12.6. The van der Waals surface area contributed by atoms with Crippen molar-refractivity contribution >= 4 is 11.9 Å². The summed E-state index contributed by atoms with van der Waals surface area (Å²) in [6.45, 7) is 5.44. The summed E-state index contributed by atoms with van der Waals surface area (Å²) in [4.78, 5) is 11.9. The van der Waals surface area contributed by atoms with Crippen LogP contribution in [0.3, 0.4) is 0 Å². The molecule has 0 aliphatic carbocycles. The molecule has 0 bridgehead atoms. The lowest BCUT2D eigenvalue weighted by molar-refractivity contribution is -0.130. The van der Waals surface area contributed by atoms with E-state index in [1.165, 1.54) is 19.9 Å². The molecule has 1 rings (SSSR count). The summed E-state index contributed by atoms with van der Waals surface area (Å²) in [6, 6.07) is 8.90. The highest BCUT2D eigenvalue weighted by Gasteiger charge is 2.44. The molecule has 0 aliphatic rings. The molecule has 0 aliphatic heterocycles. The van der Waals surface area contributed by atoms with Crippen LogP contribution in [0.2, 0.25) is 0 Å². The van der Waals surface area contributed by atoms with Crippen LogP contribution in [-0.4, -0.2) is 12.0 Å². The fourth-order valence-corrected chi connectivity index (χ4v) is 1.45. The van der Waals surface area contributed by atoms with Crippen molar-refractivity contribution in [2.75, 3.05) is 0 Å². The second kappa shape index (κ2) is 5.43. The fraction of sp³-hybridized carbons (Fsp3) is 0.267. The third-order valence-electron chi connectivity index (χ3n) is 2.94. The van der Waals surface area contributed by atoms with E-state index in [0.29, 0.717) is 0 Å². The highest BCUT2D eigenvalue weighted by molar-refractivity contribution is 5.99. The van der Waals surface area contributed by atoms with E-state index in [1.54, 1.807) is 24.3 Å². The minimum Gasteiger partial charge on any atom is -0.294 e. The molecule has 1 nitrogen and oxygen atoms in total. The largest absolute Gasteiger partial charge is 0.413 e. The molecule has 0 radical (unpaired) electrons. The monoisotopic (exact) mass is 268 g/mol. The first kappa shape index (κ1) is 15.2. The van der Waals surface area contributed by atoms with Crippen molar-refractivity contribution in [2.24, 2.45) is 5.41 Å². The van der Waals surface area contributed by atoms with E-state index in [1.807, 2.05) is 6.07 Å². The van der Waals surface area contributed by atoms with Crippen LogP contribution in [0.1, 0.15) is 19.4 Å². The van der Waals surface area contributed by atoms with Crippen LogP contribution in [0, 0.1) is 5.41 Å². The summed E-state index contributed by atoms with van der Waals surface area (Å²) in [5, 5.41) is 0. The van der Waals surface area contributed by atoms with Gasteiger partial charge in [0.1, 0.15) is 0 Å². The number of alkyl halides is 3. The molecule has 1 aromatic carbocycles. The van der Waals surface area contributed by atoms with Gasteiger partial charge in [0, 0.05) is 5.57 Å². The van der Waals surface area contributed by atoms with Gasteiger partial charge < -0.3 is 0 Å². The predicted molar refractivity (Wildman–Crippen MR) is 69.5 cm³/mol. The number of allylic oxidation sites excluding steroid dienone is 2. The van der Waals surface area contributed by atoms with Crippen LogP contribution in [-0.2, 0) is 4.79 Å². The molecule has 1 aromatic rings. The van der Waals surface area contributed by atoms with Crippen LogP contribution in [0.5, 0.6) is 0 Å². The summed E-state index contributed by atoms with van der Waals surface area (Å²) >= 11 is 0. The standard InChI is InChI=1S/C15H15F3O/c1-11(15(16,17)18)14(2,3)13(19)10-9-12-7-5-4-6-8-12/h4-10H,1H2,2-3H3. The van der Waals surface area contributed by atoms with E-state index in [9.17, 15) is 18.0 Å². The fourth-order valence-electron chi connectivity index (χ4n) is 1.45. The van der Waals surface area contributed by atoms with Gasteiger partial charge in [0.05, 0.1) is 5.41 Å². The summed E-state index contributed by atoms with van der Waals surface area (Å²) in [5.41, 5.74) is -1.95. The van der Waals surface area contributed by atoms with Gasteiger partial charge >= 0.3 is 6.18 Å². The van der Waals surface area contributed by atoms with Crippen molar-refractivity contribution in [1.29, 1.82) is 0 Å². The molecule has 0 spiro atoms. The normalized spacial score (nSPS) is 12.7. The molecule has 0 aromatic heterocycles. The highest BCUT2D eigenvalue weighted by atomic mass is 19.4. The Kier molecular flexibility index (Phi) is 4.35. The maximum Gasteiger partial charge on any atom is 0.413 e. The molecule has 19 heavy (non-hydrogen) atoms. The minimum atomic E-state index is -4.57. The number of hydrogen-bond donors (Lipinski definition) is 0. The smallest absolute Gasteiger partial charge is 0.294 e. The molecule has 0 fully saturated rings. The molecule has 0 saturated carbocycles. The Morgan fingerprint density at radius 1 is 1.16 bits per heavy atom. The van der Waals surface area contributed by atoms with Crippen molar-refractivity contribution in [1.82, 2.24) is 0 Å². The zero-order chi connectivity index (χ0) is 14.7. The number of benzene rings is 1. The van der Waals surface area contributed by atoms with Gasteiger partial charge in [0.25, 0.3) is 0 Å². The van der Waals surface area contributed by atoms with Crippen molar-refractivity contribution < 1.29 is 18.0 Å². The zero-order valence-corrected chi connectivity index (χ0v) is 10.8. The average Bonchev–Trinajstić information content (AvgIpc) is 2.35. The van der Waals surface area contributed by atoms with Crippen LogP contribution in [0.15, 0.2) is 48.6 Å². The average molecular weight is 268 g/mol. The Morgan fingerprint density at radius 3 is 2.16 bits per heavy atom. The van der Waals surface area contributed by atoms with Gasteiger partial charge in [0.15, 0.2) is 5.78 Å². The predicted octanol–water partition coefficient (Wildman–Crippen LogP) is 4.41. The molecule has 0 N–H and O–H groups in total. The minimum absolute atomic E-state index is 0.626. The number of halogens is 3. The Balaban J connectivity index is 2.89. The molecule has 0 atom stereocenters. The van der Waals surface area contributed by atoms with E-state index in [-0.39, 0.29) is 0 Å². The van der Waals surface area contributed by atoms with E-state index in [4.69, 9.17) is 0 Å². The number of rotatable bonds is 4. The molecule has 0 amide bonds. The summed E-state index contributed by atoms with van der Waals surface area (Å²) in [5.74, 6) is -0.626. The summed E-state index contributed by atoms with van der Waals surface area (Å²) < 4.78 is 37.8. The van der Waals surface area contributed by atoms with Gasteiger partial charge in [-0.05, 0) is 25.5 Å². The van der Waals surface area contributed by atoms with E-state index in [2.05, 4.69) is 6.58 Å². The quantitative estimate of drug-likeness (QED) is 0.583. The van der Waals surface area contributed by atoms with E-state index < -0.39 is 22.9 Å². The Bertz CT molecular complexity index is 496. The van der Waals surface area contributed by atoms with Gasteiger partial charge in [-0.15, -0.1) is 0 Å². The topological polar surface area (TPSA) is 17.1 Å². The second-order valence-corrected chi connectivity index (χ2v) is 4.71. The van der Waals surface area contributed by atoms with Crippen molar-refractivity contribution in [3.8, 4) is 0 Å². The lowest BCUT2D eigenvalue weighted by Gasteiger charge is -2.25. The number of carbonyl (C=O) groups is 1. The molecule has 0 unspecified atom stereocenters. The number of hydrogen-bond acceptors (Lipinski definition) is 1. The van der Waals surface area contributed by atoms with E-state index in [0.717, 1.165) is 11.6 Å². The van der Waals surface area contributed by atoms with E-state index >= 15 is 0 Å². The molecule has 4 heteroatoms. The molecular formula is C15H15F3O. The van der Waals surface area contributed by atoms with Crippen LogP contribution < -0.4 is 0 Å². The molecular weight excluding hydrogens is 253 g/mol. The first-order chi connectivity index (χ1) is 8.65. The lowest BCUT2D eigenvalue weighted by Crippen LogP contribution is -2.32. The van der Waals surface area contributed by atoms with Gasteiger partial charge in [-0.25, -0.2) is 0 Å². The van der Waals surface area contributed by atoms with Crippen LogP contribution in [0.4, 0.5) is 13.2 Å². The highest BCUT2D eigenvalue weighted by Crippen LogP contribution is 2.38. The Hall–Kier alpha value is -1.84. The van der Waals surface area contributed by atoms with Gasteiger partial charge in [0.2, 0.25) is 0 Å². The maximum atomic E-state index is 12.6. The second-order valence-electron chi connectivity index (χ2n) is 4.71. The van der Waals surface area contributed by atoms with Crippen molar-refractivity contribution in [3.63, 3.8) is 0 Å². The third-order valence-corrected chi connectivity index (χ3v) is 2.94. The number of carbonyl (C=O) groups excluding carboxylic acids is 1. The van der Waals surface area contributed by atoms with Crippen LogP contribution in [0.25, 0.3) is 6.08 Å². The summed E-state index contributed by atoms with van der Waals surface area (Å²) in [7, 11) is 0. The van der Waals surface area contributed by atoms with Gasteiger partial charge in [-0.2, -0.15) is 13.2 Å². The first-order valence-electron chi connectivity index (χ1n) is 5.70. The number of ketones is 1. The molecule has 0 heterocycles. The first-order valence-corrected chi connectivity index (χ1v) is 5.70.